The van der Waals surface area contributed by atoms with Crippen LogP contribution in [0.15, 0.2) is 42.5 Å². The number of hydrogen-bond donors (Lipinski definition) is 1. The van der Waals surface area contributed by atoms with Crippen LogP contribution in [0.3, 0.4) is 0 Å². The molecule has 0 aromatic heterocycles. The zero-order valence-corrected chi connectivity index (χ0v) is 12.8. The highest BCUT2D eigenvalue weighted by atomic mass is 16.5. The lowest BCUT2D eigenvalue weighted by molar-refractivity contribution is 0.0538. The van der Waals surface area contributed by atoms with E-state index < -0.39 is 0 Å². The van der Waals surface area contributed by atoms with Gasteiger partial charge in [-0.2, -0.15) is 0 Å². The Morgan fingerprint density at radius 1 is 1.10 bits per heavy atom. The summed E-state index contributed by atoms with van der Waals surface area (Å²) in [6.07, 6.45) is 3.49. The Morgan fingerprint density at radius 2 is 1.86 bits per heavy atom. The highest BCUT2D eigenvalue weighted by Gasteiger charge is 2.25. The molecule has 1 aliphatic heterocycles. The summed E-state index contributed by atoms with van der Waals surface area (Å²) in [7, 11) is 0. The van der Waals surface area contributed by atoms with Crippen LogP contribution in [0.2, 0.25) is 0 Å². The van der Waals surface area contributed by atoms with Gasteiger partial charge in [0.15, 0.2) is 0 Å². The highest BCUT2D eigenvalue weighted by molar-refractivity contribution is 5.86. The van der Waals surface area contributed by atoms with Crippen LogP contribution in [-0.2, 0) is 4.74 Å². The predicted molar refractivity (Wildman–Crippen MR) is 88.5 cm³/mol. The molecule has 1 fully saturated rings. The van der Waals surface area contributed by atoms with Gasteiger partial charge in [0.25, 0.3) is 0 Å². The third-order valence-electron chi connectivity index (χ3n) is 4.51. The Bertz CT molecular complexity index is 569. The van der Waals surface area contributed by atoms with Crippen LogP contribution in [0.4, 0.5) is 0 Å². The fraction of sp³-hybridized carbons (Fsp3) is 0.474. The van der Waals surface area contributed by atoms with Crippen LogP contribution < -0.4 is 5.32 Å². The molecule has 0 amide bonds. The Morgan fingerprint density at radius 3 is 2.67 bits per heavy atom. The van der Waals surface area contributed by atoms with Crippen molar-refractivity contribution in [2.75, 3.05) is 19.8 Å². The van der Waals surface area contributed by atoms with Gasteiger partial charge in [-0.25, -0.2) is 0 Å². The zero-order valence-electron chi connectivity index (χ0n) is 12.8. The lowest BCUT2D eigenvalue weighted by Crippen LogP contribution is -2.32. The van der Waals surface area contributed by atoms with Crippen molar-refractivity contribution in [2.24, 2.45) is 5.92 Å². The van der Waals surface area contributed by atoms with Crippen LogP contribution in [0.25, 0.3) is 10.8 Å². The summed E-state index contributed by atoms with van der Waals surface area (Å²) in [5, 5.41) is 6.52. The van der Waals surface area contributed by atoms with Gasteiger partial charge in [0.2, 0.25) is 0 Å². The molecule has 1 heterocycles. The van der Waals surface area contributed by atoms with Crippen molar-refractivity contribution in [2.45, 2.75) is 32.2 Å². The topological polar surface area (TPSA) is 21.3 Å². The van der Waals surface area contributed by atoms with E-state index in [1.54, 1.807) is 0 Å². The Labute approximate surface area is 127 Å². The minimum absolute atomic E-state index is 0.444. The summed E-state index contributed by atoms with van der Waals surface area (Å²) in [6, 6.07) is 15.9. The molecule has 21 heavy (non-hydrogen) atoms. The highest BCUT2D eigenvalue weighted by Crippen LogP contribution is 2.34. The second-order valence-electron chi connectivity index (χ2n) is 5.95. The zero-order chi connectivity index (χ0) is 14.5. The van der Waals surface area contributed by atoms with E-state index in [1.807, 2.05) is 0 Å². The standard InChI is InChI=1S/C19H25NO/c1-2-12-20-19(16-10-13-21-14-11-16)18-9-5-7-15-6-3-4-8-17(15)18/h3-9,16,19-20H,2,10-14H2,1H3. The van der Waals surface area contributed by atoms with Crippen LogP contribution >= 0.6 is 0 Å². The monoisotopic (exact) mass is 283 g/mol. The average Bonchev–Trinajstić information content (AvgIpc) is 2.56. The van der Waals surface area contributed by atoms with E-state index in [0.29, 0.717) is 12.0 Å². The molecule has 1 unspecified atom stereocenters. The molecule has 0 radical (unpaired) electrons. The third kappa shape index (κ3) is 3.28. The SMILES string of the molecule is CCCNC(c1cccc2ccccc12)C1CCOCC1. The number of benzene rings is 2. The largest absolute Gasteiger partial charge is 0.381 e. The second-order valence-corrected chi connectivity index (χ2v) is 5.95. The predicted octanol–water partition coefficient (Wildman–Crippen LogP) is 4.31. The van der Waals surface area contributed by atoms with E-state index in [4.69, 9.17) is 4.74 Å². The van der Waals surface area contributed by atoms with Gasteiger partial charge in [0, 0.05) is 19.3 Å². The number of fused-ring (bicyclic) bond motifs is 1. The molecule has 2 nitrogen and oxygen atoms in total. The molecule has 1 atom stereocenters. The molecular weight excluding hydrogens is 258 g/mol. The first-order valence-electron chi connectivity index (χ1n) is 8.19. The van der Waals surface area contributed by atoms with E-state index in [9.17, 15) is 0 Å². The number of rotatable bonds is 5. The fourth-order valence-corrected chi connectivity index (χ4v) is 3.40. The first kappa shape index (κ1) is 14.6. The molecule has 0 aliphatic carbocycles. The van der Waals surface area contributed by atoms with Crippen molar-refractivity contribution < 1.29 is 4.74 Å². The first-order chi connectivity index (χ1) is 10.4. The molecule has 3 rings (SSSR count). The molecule has 0 bridgehead atoms. The molecule has 112 valence electrons. The lowest BCUT2D eigenvalue weighted by atomic mass is 9.85. The van der Waals surface area contributed by atoms with Gasteiger partial charge in [0.05, 0.1) is 0 Å². The number of hydrogen-bond acceptors (Lipinski definition) is 2. The van der Waals surface area contributed by atoms with Crippen LogP contribution in [-0.4, -0.2) is 19.8 Å². The Balaban J connectivity index is 1.96. The summed E-state index contributed by atoms with van der Waals surface area (Å²) >= 11 is 0. The summed E-state index contributed by atoms with van der Waals surface area (Å²) in [4.78, 5) is 0. The fourth-order valence-electron chi connectivity index (χ4n) is 3.40. The van der Waals surface area contributed by atoms with Crippen molar-refractivity contribution in [3.05, 3.63) is 48.0 Å². The van der Waals surface area contributed by atoms with Crippen LogP contribution in [0.1, 0.15) is 37.8 Å². The van der Waals surface area contributed by atoms with E-state index >= 15 is 0 Å². The summed E-state index contributed by atoms with van der Waals surface area (Å²) in [5.41, 5.74) is 1.45. The van der Waals surface area contributed by atoms with Crippen molar-refractivity contribution in [3.8, 4) is 0 Å². The van der Waals surface area contributed by atoms with Gasteiger partial charge in [-0.15, -0.1) is 0 Å². The normalized spacial score (nSPS) is 18.0. The molecule has 1 aliphatic rings. The van der Waals surface area contributed by atoms with E-state index in [-0.39, 0.29) is 0 Å². The Kier molecular flexibility index (Phi) is 4.89. The molecule has 1 saturated heterocycles. The van der Waals surface area contributed by atoms with Gasteiger partial charge in [0.1, 0.15) is 0 Å². The maximum absolute atomic E-state index is 5.55. The molecule has 0 saturated carbocycles. The first-order valence-corrected chi connectivity index (χ1v) is 8.19. The quantitative estimate of drug-likeness (QED) is 0.883. The van der Waals surface area contributed by atoms with Crippen molar-refractivity contribution in [3.63, 3.8) is 0 Å². The minimum Gasteiger partial charge on any atom is -0.381 e. The number of nitrogens with one attached hydrogen (secondary N) is 1. The van der Waals surface area contributed by atoms with E-state index in [1.165, 1.54) is 22.8 Å². The van der Waals surface area contributed by atoms with Gasteiger partial charge in [-0.3, -0.25) is 0 Å². The molecule has 2 aromatic rings. The molecular formula is C19H25NO. The van der Waals surface area contributed by atoms with E-state index in [2.05, 4.69) is 54.7 Å². The molecule has 2 heteroatoms. The van der Waals surface area contributed by atoms with E-state index in [0.717, 1.165) is 32.6 Å². The summed E-state index contributed by atoms with van der Waals surface area (Å²) in [6.45, 7) is 5.11. The lowest BCUT2D eigenvalue weighted by Gasteiger charge is -2.32. The molecule has 2 aromatic carbocycles. The van der Waals surface area contributed by atoms with Crippen molar-refractivity contribution in [1.29, 1.82) is 0 Å². The minimum atomic E-state index is 0.444. The third-order valence-corrected chi connectivity index (χ3v) is 4.51. The maximum atomic E-state index is 5.55. The van der Waals surface area contributed by atoms with Crippen molar-refractivity contribution >= 4 is 10.8 Å². The second kappa shape index (κ2) is 7.06. The van der Waals surface area contributed by atoms with Crippen molar-refractivity contribution in [1.82, 2.24) is 5.32 Å². The average molecular weight is 283 g/mol. The Hall–Kier alpha value is -1.38. The summed E-state index contributed by atoms with van der Waals surface area (Å²) < 4.78 is 5.55. The van der Waals surface area contributed by atoms with Crippen LogP contribution in [0, 0.1) is 5.92 Å². The van der Waals surface area contributed by atoms with Gasteiger partial charge in [-0.05, 0) is 48.1 Å². The van der Waals surface area contributed by atoms with Gasteiger partial charge < -0.3 is 10.1 Å². The van der Waals surface area contributed by atoms with Gasteiger partial charge in [-0.1, -0.05) is 49.4 Å². The smallest absolute Gasteiger partial charge is 0.0469 e. The van der Waals surface area contributed by atoms with Crippen LogP contribution in [0.5, 0.6) is 0 Å². The molecule has 0 spiro atoms. The number of ether oxygens (including phenoxy) is 1. The van der Waals surface area contributed by atoms with Gasteiger partial charge >= 0.3 is 0 Å². The molecule has 1 N–H and O–H groups in total. The maximum Gasteiger partial charge on any atom is 0.0469 e. The summed E-state index contributed by atoms with van der Waals surface area (Å²) in [5.74, 6) is 0.677.